The molecule has 7 heteroatoms. The van der Waals surface area contributed by atoms with Crippen molar-refractivity contribution in [2.24, 2.45) is 0 Å². The molecule has 1 unspecified atom stereocenters. The number of benzene rings is 2. The summed E-state index contributed by atoms with van der Waals surface area (Å²) in [7, 11) is 1.68. The molecule has 1 aliphatic rings. The first kappa shape index (κ1) is 19.7. The van der Waals surface area contributed by atoms with Crippen LogP contribution in [0.5, 0.6) is 5.75 Å². The predicted molar refractivity (Wildman–Crippen MR) is 114 cm³/mol. The van der Waals surface area contributed by atoms with Gasteiger partial charge in [0.2, 0.25) is 0 Å². The molecule has 30 heavy (non-hydrogen) atoms. The van der Waals surface area contributed by atoms with Gasteiger partial charge in [0.25, 0.3) is 11.8 Å². The van der Waals surface area contributed by atoms with Crippen LogP contribution >= 0.6 is 0 Å². The SMILES string of the molecule is Cc1cc(C(=O)NC2COc3ccccc3N(C)C2=O)nn1[C@@H](C)c1ccccc1. The van der Waals surface area contributed by atoms with Gasteiger partial charge in [-0.3, -0.25) is 14.3 Å². The Balaban J connectivity index is 1.51. The van der Waals surface area contributed by atoms with E-state index in [9.17, 15) is 9.59 Å². The lowest BCUT2D eigenvalue weighted by Crippen LogP contribution is -2.49. The lowest BCUT2D eigenvalue weighted by molar-refractivity contribution is -0.120. The zero-order valence-electron chi connectivity index (χ0n) is 17.2. The third-order valence-corrected chi connectivity index (χ3v) is 5.37. The smallest absolute Gasteiger partial charge is 0.272 e. The number of rotatable bonds is 4. The molecular weight excluding hydrogens is 380 g/mol. The zero-order chi connectivity index (χ0) is 21.3. The van der Waals surface area contributed by atoms with Crippen LogP contribution < -0.4 is 15.0 Å². The van der Waals surface area contributed by atoms with Gasteiger partial charge in [0.15, 0.2) is 0 Å². The van der Waals surface area contributed by atoms with Gasteiger partial charge in [-0.25, -0.2) is 0 Å². The van der Waals surface area contributed by atoms with Crippen LogP contribution in [-0.4, -0.2) is 41.3 Å². The molecule has 1 N–H and O–H groups in total. The van der Waals surface area contributed by atoms with Gasteiger partial charge >= 0.3 is 0 Å². The van der Waals surface area contributed by atoms with E-state index < -0.39 is 11.9 Å². The molecule has 0 bridgehead atoms. The first-order valence-electron chi connectivity index (χ1n) is 9.87. The summed E-state index contributed by atoms with van der Waals surface area (Å²) in [5, 5.41) is 7.28. The summed E-state index contributed by atoms with van der Waals surface area (Å²) in [6.45, 7) is 4.01. The number of aromatic nitrogens is 2. The Morgan fingerprint density at radius 2 is 1.87 bits per heavy atom. The van der Waals surface area contributed by atoms with Crippen LogP contribution in [0.4, 0.5) is 5.69 Å². The molecular formula is C23H24N4O3. The van der Waals surface area contributed by atoms with E-state index >= 15 is 0 Å². The van der Waals surface area contributed by atoms with E-state index in [-0.39, 0.29) is 24.2 Å². The summed E-state index contributed by atoms with van der Waals surface area (Å²) in [6, 6.07) is 18.2. The maximum absolute atomic E-state index is 12.9. The number of aryl methyl sites for hydroxylation is 1. The topological polar surface area (TPSA) is 76.5 Å². The van der Waals surface area contributed by atoms with Crippen molar-refractivity contribution in [2.75, 3.05) is 18.6 Å². The van der Waals surface area contributed by atoms with Crippen LogP contribution in [0.1, 0.15) is 34.7 Å². The number of hydrogen-bond donors (Lipinski definition) is 1. The molecule has 0 spiro atoms. The number of nitrogens with zero attached hydrogens (tertiary/aromatic N) is 3. The molecule has 7 nitrogen and oxygen atoms in total. The lowest BCUT2D eigenvalue weighted by atomic mass is 10.1. The molecule has 0 saturated heterocycles. The summed E-state index contributed by atoms with van der Waals surface area (Å²) in [5.74, 6) is -0.0255. The molecule has 2 amide bonds. The first-order valence-corrected chi connectivity index (χ1v) is 9.87. The monoisotopic (exact) mass is 404 g/mol. The van der Waals surface area contributed by atoms with Gasteiger partial charge in [0.1, 0.15) is 24.1 Å². The van der Waals surface area contributed by atoms with Gasteiger partial charge in [0.05, 0.1) is 11.7 Å². The third kappa shape index (κ3) is 3.66. The largest absolute Gasteiger partial charge is 0.489 e. The summed E-state index contributed by atoms with van der Waals surface area (Å²) in [6.07, 6.45) is 0. The van der Waals surface area contributed by atoms with Gasteiger partial charge in [0, 0.05) is 12.7 Å². The molecule has 0 radical (unpaired) electrons. The normalized spacial score (nSPS) is 17.0. The number of nitrogens with one attached hydrogen (secondary N) is 1. The number of carbonyl (C=O) groups excluding carboxylic acids is 2. The highest BCUT2D eigenvalue weighted by Gasteiger charge is 2.31. The number of ether oxygens (including phenoxy) is 1. The average molecular weight is 404 g/mol. The molecule has 0 fully saturated rings. The number of fused-ring (bicyclic) bond motifs is 1. The Morgan fingerprint density at radius 3 is 2.63 bits per heavy atom. The summed E-state index contributed by atoms with van der Waals surface area (Å²) in [4.78, 5) is 27.2. The highest BCUT2D eigenvalue weighted by atomic mass is 16.5. The van der Waals surface area contributed by atoms with Crippen LogP contribution in [-0.2, 0) is 4.79 Å². The van der Waals surface area contributed by atoms with Gasteiger partial charge in [-0.15, -0.1) is 0 Å². The second-order valence-corrected chi connectivity index (χ2v) is 7.40. The van der Waals surface area contributed by atoms with Crippen molar-refractivity contribution < 1.29 is 14.3 Å². The molecule has 0 saturated carbocycles. The van der Waals surface area contributed by atoms with E-state index in [0.717, 1.165) is 11.3 Å². The lowest BCUT2D eigenvalue weighted by Gasteiger charge is -2.20. The molecule has 2 heterocycles. The summed E-state index contributed by atoms with van der Waals surface area (Å²) >= 11 is 0. The van der Waals surface area contributed by atoms with Crippen molar-refractivity contribution in [2.45, 2.75) is 25.9 Å². The van der Waals surface area contributed by atoms with Crippen LogP contribution in [0.15, 0.2) is 60.7 Å². The minimum absolute atomic E-state index is 0.0174. The van der Waals surface area contributed by atoms with Gasteiger partial charge in [-0.1, -0.05) is 42.5 Å². The Hall–Kier alpha value is -3.61. The van der Waals surface area contributed by atoms with E-state index in [2.05, 4.69) is 10.4 Å². The molecule has 1 aliphatic heterocycles. The number of likely N-dealkylation sites (N-methyl/N-ethyl adjacent to an activating group) is 1. The second kappa shape index (κ2) is 8.02. The van der Waals surface area contributed by atoms with Gasteiger partial charge in [-0.05, 0) is 37.6 Å². The average Bonchev–Trinajstić information content (AvgIpc) is 3.12. The molecule has 2 aromatic carbocycles. The Morgan fingerprint density at radius 1 is 1.17 bits per heavy atom. The maximum Gasteiger partial charge on any atom is 0.272 e. The second-order valence-electron chi connectivity index (χ2n) is 7.40. The zero-order valence-corrected chi connectivity index (χ0v) is 17.2. The molecule has 154 valence electrons. The first-order chi connectivity index (χ1) is 14.5. The van der Waals surface area contributed by atoms with Crippen LogP contribution in [0, 0.1) is 6.92 Å². The van der Waals surface area contributed by atoms with E-state index in [4.69, 9.17) is 4.74 Å². The number of carbonyl (C=O) groups is 2. The van der Waals surface area contributed by atoms with E-state index in [1.807, 2.05) is 67.1 Å². The molecule has 4 rings (SSSR count). The van der Waals surface area contributed by atoms with Crippen LogP contribution in [0.25, 0.3) is 0 Å². The number of amides is 2. The van der Waals surface area contributed by atoms with Crippen molar-refractivity contribution in [1.82, 2.24) is 15.1 Å². The Labute approximate surface area is 175 Å². The van der Waals surface area contributed by atoms with Crippen LogP contribution in [0.2, 0.25) is 0 Å². The number of para-hydroxylation sites is 2. The molecule has 1 aromatic heterocycles. The van der Waals surface area contributed by atoms with Crippen molar-refractivity contribution in [3.63, 3.8) is 0 Å². The van der Waals surface area contributed by atoms with E-state index in [1.165, 1.54) is 4.90 Å². The minimum Gasteiger partial charge on any atom is -0.489 e. The van der Waals surface area contributed by atoms with E-state index in [0.29, 0.717) is 11.4 Å². The number of anilines is 1. The predicted octanol–water partition coefficient (Wildman–Crippen LogP) is 2.95. The highest BCUT2D eigenvalue weighted by Crippen LogP contribution is 2.30. The summed E-state index contributed by atoms with van der Waals surface area (Å²) < 4.78 is 7.58. The van der Waals surface area contributed by atoms with Crippen molar-refractivity contribution in [3.8, 4) is 5.75 Å². The Bertz CT molecular complexity index is 1080. The van der Waals surface area contributed by atoms with Crippen molar-refractivity contribution in [3.05, 3.63) is 77.6 Å². The summed E-state index contributed by atoms with van der Waals surface area (Å²) in [5.41, 5.74) is 2.91. The number of hydrogen-bond acceptors (Lipinski definition) is 4. The molecule has 3 aromatic rings. The van der Waals surface area contributed by atoms with Crippen molar-refractivity contribution >= 4 is 17.5 Å². The maximum atomic E-state index is 12.9. The Kier molecular flexibility index (Phi) is 5.27. The molecule has 0 aliphatic carbocycles. The minimum atomic E-state index is -0.799. The third-order valence-electron chi connectivity index (χ3n) is 5.37. The highest BCUT2D eigenvalue weighted by molar-refractivity contribution is 6.02. The van der Waals surface area contributed by atoms with Crippen LogP contribution in [0.3, 0.4) is 0 Å². The fourth-order valence-electron chi connectivity index (χ4n) is 3.65. The standard InChI is InChI=1S/C23H24N4O3/c1-15-13-18(25-27(15)16(2)17-9-5-4-6-10-17)22(28)24-19-14-30-21-12-8-7-11-20(21)26(3)23(19)29/h4-13,16,19H,14H2,1-3H3,(H,24,28)/t16-,19?/m0/s1. The van der Waals surface area contributed by atoms with Gasteiger partial charge in [-0.2, -0.15) is 5.10 Å². The fourth-order valence-corrected chi connectivity index (χ4v) is 3.65. The van der Waals surface area contributed by atoms with Crippen molar-refractivity contribution in [1.29, 1.82) is 0 Å². The quantitative estimate of drug-likeness (QED) is 0.725. The fraction of sp³-hybridized carbons (Fsp3) is 0.261. The molecule has 2 atom stereocenters. The van der Waals surface area contributed by atoms with Gasteiger partial charge < -0.3 is 15.0 Å². The van der Waals surface area contributed by atoms with E-state index in [1.54, 1.807) is 19.2 Å².